The highest BCUT2D eigenvalue weighted by molar-refractivity contribution is 5.97. The Balaban J connectivity index is 1.71. The summed E-state index contributed by atoms with van der Waals surface area (Å²) in [4.78, 5) is 23.9. The van der Waals surface area contributed by atoms with Crippen molar-refractivity contribution in [3.05, 3.63) is 23.8 Å². The van der Waals surface area contributed by atoms with E-state index in [0.717, 1.165) is 44.1 Å². The van der Waals surface area contributed by atoms with Crippen molar-refractivity contribution < 1.29 is 14.3 Å². The number of ketones is 1. The zero-order chi connectivity index (χ0) is 16.4. The van der Waals surface area contributed by atoms with Gasteiger partial charge in [-0.05, 0) is 50.4 Å². The van der Waals surface area contributed by atoms with Gasteiger partial charge in [0.05, 0.1) is 5.41 Å². The summed E-state index contributed by atoms with van der Waals surface area (Å²) in [5.41, 5.74) is 2.24. The number of carbonyl (C=O) groups excluding carboxylic acids is 2. The Morgan fingerprint density at radius 3 is 2.70 bits per heavy atom. The lowest BCUT2D eigenvalue weighted by Gasteiger charge is -2.55. The summed E-state index contributed by atoms with van der Waals surface area (Å²) in [7, 11) is 0. The van der Waals surface area contributed by atoms with Crippen LogP contribution in [0.5, 0.6) is 0 Å². The number of hydrogen-bond acceptors (Lipinski definition) is 3. The molecule has 0 radical (unpaired) electrons. The number of fused-ring (bicyclic) bond motifs is 4. The van der Waals surface area contributed by atoms with Crippen molar-refractivity contribution in [1.29, 1.82) is 0 Å². The molecule has 0 amide bonds. The highest BCUT2D eigenvalue weighted by Gasteiger charge is 2.61. The second kappa shape index (κ2) is 4.81. The van der Waals surface area contributed by atoms with E-state index in [1.165, 1.54) is 12.5 Å². The fraction of sp³-hybridized carbons (Fsp3) is 0.700. The van der Waals surface area contributed by atoms with Crippen molar-refractivity contribution in [3.63, 3.8) is 0 Å². The summed E-state index contributed by atoms with van der Waals surface area (Å²) in [6.45, 7) is 8.05. The molecular weight excluding hydrogens is 288 g/mol. The van der Waals surface area contributed by atoms with E-state index in [0.29, 0.717) is 24.0 Å². The zero-order valence-electron chi connectivity index (χ0n) is 14.2. The van der Waals surface area contributed by atoms with Gasteiger partial charge in [-0.3, -0.25) is 9.59 Å². The molecule has 1 spiro atoms. The van der Waals surface area contributed by atoms with Crippen molar-refractivity contribution in [3.8, 4) is 0 Å². The van der Waals surface area contributed by atoms with E-state index >= 15 is 0 Å². The first-order chi connectivity index (χ1) is 10.9. The molecule has 0 aromatic rings. The highest BCUT2D eigenvalue weighted by Crippen LogP contribution is 2.65. The predicted molar refractivity (Wildman–Crippen MR) is 87.6 cm³/mol. The van der Waals surface area contributed by atoms with Crippen LogP contribution >= 0.6 is 0 Å². The second-order valence-corrected chi connectivity index (χ2v) is 8.23. The minimum absolute atomic E-state index is 0.0287. The second-order valence-electron chi connectivity index (χ2n) is 8.23. The Kier molecular flexibility index (Phi) is 3.17. The van der Waals surface area contributed by atoms with Crippen molar-refractivity contribution >= 4 is 11.8 Å². The Morgan fingerprint density at radius 2 is 2.09 bits per heavy atom. The highest BCUT2D eigenvalue weighted by atomic mass is 16.5. The summed E-state index contributed by atoms with van der Waals surface area (Å²) >= 11 is 0. The van der Waals surface area contributed by atoms with Gasteiger partial charge in [0.1, 0.15) is 11.9 Å². The number of allylic oxidation sites excluding steroid dienone is 3. The van der Waals surface area contributed by atoms with E-state index in [9.17, 15) is 9.59 Å². The van der Waals surface area contributed by atoms with Crippen LogP contribution in [-0.4, -0.2) is 17.9 Å². The average Bonchev–Trinajstić information content (AvgIpc) is 2.82. The van der Waals surface area contributed by atoms with Gasteiger partial charge in [-0.1, -0.05) is 30.7 Å². The summed E-state index contributed by atoms with van der Waals surface area (Å²) in [5, 5.41) is 0. The Labute approximate surface area is 138 Å². The molecule has 0 aromatic carbocycles. The number of hydrogen-bond donors (Lipinski definition) is 0. The molecule has 124 valence electrons. The molecule has 4 rings (SSSR count). The molecule has 0 heterocycles. The molecule has 3 heteroatoms. The van der Waals surface area contributed by atoms with E-state index in [4.69, 9.17) is 4.74 Å². The molecule has 4 aliphatic rings. The van der Waals surface area contributed by atoms with Gasteiger partial charge in [0, 0.05) is 18.8 Å². The van der Waals surface area contributed by atoms with Crippen LogP contribution in [0.25, 0.3) is 0 Å². The third-order valence-corrected chi connectivity index (χ3v) is 7.33. The quantitative estimate of drug-likeness (QED) is 0.543. The number of carbonyl (C=O) groups is 2. The topological polar surface area (TPSA) is 43.4 Å². The van der Waals surface area contributed by atoms with E-state index in [2.05, 4.69) is 19.6 Å². The molecule has 0 aromatic heterocycles. The molecule has 5 atom stereocenters. The minimum Gasteiger partial charge on any atom is -0.462 e. The lowest BCUT2D eigenvalue weighted by molar-refractivity contribution is -0.153. The average molecular weight is 314 g/mol. The van der Waals surface area contributed by atoms with Crippen LogP contribution in [0.2, 0.25) is 0 Å². The first-order valence-corrected chi connectivity index (χ1v) is 8.99. The molecule has 0 bridgehead atoms. The van der Waals surface area contributed by atoms with E-state index in [1.54, 1.807) is 0 Å². The summed E-state index contributed by atoms with van der Waals surface area (Å²) in [6, 6.07) is 0. The smallest absolute Gasteiger partial charge is 0.302 e. The number of ether oxygens (including phenoxy) is 1. The maximum atomic E-state index is 12.5. The predicted octanol–water partition coefficient (Wildman–Crippen LogP) is 3.98. The van der Waals surface area contributed by atoms with Crippen LogP contribution in [0, 0.1) is 22.7 Å². The van der Waals surface area contributed by atoms with Crippen LogP contribution < -0.4 is 0 Å². The van der Waals surface area contributed by atoms with Crippen LogP contribution in [0.1, 0.15) is 58.8 Å². The molecule has 23 heavy (non-hydrogen) atoms. The molecule has 0 N–H and O–H groups in total. The molecule has 0 aliphatic heterocycles. The minimum atomic E-state index is -0.316. The fourth-order valence-corrected chi connectivity index (χ4v) is 6.02. The number of rotatable bonds is 1. The molecule has 5 unspecified atom stereocenters. The molecule has 0 saturated heterocycles. The van der Waals surface area contributed by atoms with Crippen molar-refractivity contribution in [2.24, 2.45) is 22.7 Å². The lowest BCUT2D eigenvalue weighted by Crippen LogP contribution is -2.52. The SMILES string of the molecule is C=C1CCC2C(=CCC3(C)C(OC(C)=O)CCC23)C12CCC2=O. The van der Waals surface area contributed by atoms with Gasteiger partial charge >= 0.3 is 5.97 Å². The fourth-order valence-electron chi connectivity index (χ4n) is 6.02. The summed E-state index contributed by atoms with van der Waals surface area (Å²) in [6.07, 6.45) is 9.08. The van der Waals surface area contributed by atoms with Crippen LogP contribution in [0.4, 0.5) is 0 Å². The van der Waals surface area contributed by atoms with Gasteiger partial charge < -0.3 is 4.74 Å². The Hall–Kier alpha value is -1.38. The largest absolute Gasteiger partial charge is 0.462 e. The van der Waals surface area contributed by atoms with Gasteiger partial charge in [-0.2, -0.15) is 0 Å². The normalized spacial score (nSPS) is 45.1. The Bertz CT molecular complexity index is 631. The van der Waals surface area contributed by atoms with Gasteiger partial charge in [-0.15, -0.1) is 0 Å². The van der Waals surface area contributed by atoms with E-state index < -0.39 is 0 Å². The molecular formula is C20H26O3. The molecule has 3 nitrogen and oxygen atoms in total. The zero-order valence-corrected chi connectivity index (χ0v) is 14.2. The van der Waals surface area contributed by atoms with Crippen molar-refractivity contribution in [2.75, 3.05) is 0 Å². The van der Waals surface area contributed by atoms with Crippen molar-refractivity contribution in [1.82, 2.24) is 0 Å². The summed E-state index contributed by atoms with van der Waals surface area (Å²) in [5.74, 6) is 1.22. The monoisotopic (exact) mass is 314 g/mol. The molecule has 3 fully saturated rings. The Morgan fingerprint density at radius 1 is 1.30 bits per heavy atom. The van der Waals surface area contributed by atoms with Crippen LogP contribution in [0.15, 0.2) is 23.8 Å². The maximum Gasteiger partial charge on any atom is 0.302 e. The van der Waals surface area contributed by atoms with E-state index in [-0.39, 0.29) is 22.9 Å². The summed E-state index contributed by atoms with van der Waals surface area (Å²) < 4.78 is 5.65. The van der Waals surface area contributed by atoms with Crippen LogP contribution in [-0.2, 0) is 14.3 Å². The number of esters is 1. The number of Topliss-reactive ketones (excluding diaryl/α,β-unsaturated/α-hetero) is 1. The standard InChI is InChI=1S/C20H26O3/c1-12-4-5-14-15-6-7-18(23-13(2)21)19(15,3)10-8-16(14)20(12)11-9-17(20)22/h8,14-15,18H,1,4-7,9-11H2,2-3H3. The maximum absolute atomic E-state index is 12.5. The van der Waals surface area contributed by atoms with Gasteiger partial charge in [-0.25, -0.2) is 0 Å². The van der Waals surface area contributed by atoms with Gasteiger partial charge in [0.2, 0.25) is 0 Å². The van der Waals surface area contributed by atoms with Crippen molar-refractivity contribution in [2.45, 2.75) is 64.9 Å². The third-order valence-electron chi connectivity index (χ3n) is 7.33. The molecule has 3 saturated carbocycles. The van der Waals surface area contributed by atoms with Gasteiger partial charge in [0.25, 0.3) is 0 Å². The van der Waals surface area contributed by atoms with Gasteiger partial charge in [0.15, 0.2) is 0 Å². The first-order valence-electron chi connectivity index (χ1n) is 8.99. The molecule has 4 aliphatic carbocycles. The lowest BCUT2D eigenvalue weighted by atomic mass is 9.47. The third kappa shape index (κ3) is 1.82. The first kappa shape index (κ1) is 15.2. The van der Waals surface area contributed by atoms with E-state index in [1.807, 2.05) is 0 Å². The van der Waals surface area contributed by atoms with Crippen LogP contribution in [0.3, 0.4) is 0 Å².